The third-order valence-electron chi connectivity index (χ3n) is 3.10. The third-order valence-corrected chi connectivity index (χ3v) is 3.10. The molecule has 0 unspecified atom stereocenters. The van der Waals surface area contributed by atoms with Gasteiger partial charge in [0.05, 0.1) is 16.5 Å². The second-order valence-electron chi connectivity index (χ2n) is 4.50. The molecule has 0 aliphatic rings. The maximum Gasteiger partial charge on any atom is 0.363 e. The molecule has 0 radical (unpaired) electrons. The molecule has 2 N–H and O–H groups in total. The average molecular weight is 253 g/mol. The molecule has 3 aromatic rings. The summed E-state index contributed by atoms with van der Waals surface area (Å²) in [7, 11) is 0. The van der Waals surface area contributed by atoms with Gasteiger partial charge in [0, 0.05) is 12.1 Å². The lowest BCUT2D eigenvalue weighted by atomic mass is 10.1. The summed E-state index contributed by atoms with van der Waals surface area (Å²) in [5.74, 6) is 0.399. The van der Waals surface area contributed by atoms with Gasteiger partial charge in [-0.05, 0) is 31.2 Å². The van der Waals surface area contributed by atoms with Gasteiger partial charge in [-0.25, -0.2) is 4.42 Å². The van der Waals surface area contributed by atoms with E-state index in [0.717, 1.165) is 22.1 Å². The van der Waals surface area contributed by atoms with Gasteiger partial charge in [0.2, 0.25) is 0 Å². The Bertz CT molecular complexity index is 763. The van der Waals surface area contributed by atoms with Crippen LogP contribution in [0.5, 0.6) is 11.5 Å². The van der Waals surface area contributed by atoms with Crippen molar-refractivity contribution in [3.8, 4) is 22.8 Å². The number of aromatic hydroxyl groups is 2. The van der Waals surface area contributed by atoms with Crippen LogP contribution in [-0.4, -0.2) is 10.2 Å². The average Bonchev–Trinajstić information content (AvgIpc) is 2.41. The topological polar surface area (TPSA) is 51.8 Å². The number of para-hydroxylation sites is 1. The summed E-state index contributed by atoms with van der Waals surface area (Å²) in [6, 6.07) is 14.5. The number of aryl methyl sites for hydroxylation is 1. The highest BCUT2D eigenvalue weighted by Gasteiger charge is 2.19. The highest BCUT2D eigenvalue weighted by atomic mass is 16.3. The summed E-state index contributed by atoms with van der Waals surface area (Å²) in [4.78, 5) is 0. The minimum Gasteiger partial charge on any atom is -0.504 e. The molecule has 0 saturated heterocycles. The molecule has 0 spiro atoms. The lowest BCUT2D eigenvalue weighted by molar-refractivity contribution is 0.404. The van der Waals surface area contributed by atoms with Crippen LogP contribution in [0.25, 0.3) is 22.3 Å². The van der Waals surface area contributed by atoms with E-state index in [0.29, 0.717) is 5.76 Å². The van der Waals surface area contributed by atoms with E-state index in [1.165, 1.54) is 12.1 Å². The molecule has 3 rings (SSSR count). The number of rotatable bonds is 1. The van der Waals surface area contributed by atoms with Gasteiger partial charge in [0.15, 0.2) is 11.5 Å². The van der Waals surface area contributed by atoms with Crippen molar-refractivity contribution in [2.45, 2.75) is 6.92 Å². The van der Waals surface area contributed by atoms with Crippen molar-refractivity contribution in [1.82, 2.24) is 0 Å². The Kier molecular flexibility index (Phi) is 2.60. The molecule has 94 valence electrons. The van der Waals surface area contributed by atoms with Crippen LogP contribution in [0.15, 0.2) is 52.9 Å². The maximum absolute atomic E-state index is 9.57. The van der Waals surface area contributed by atoms with Gasteiger partial charge in [-0.15, -0.1) is 0 Å². The summed E-state index contributed by atoms with van der Waals surface area (Å²) in [6.07, 6.45) is 0. The van der Waals surface area contributed by atoms with Gasteiger partial charge in [0.1, 0.15) is 0 Å². The predicted octanol–water partition coefficient (Wildman–Crippen LogP) is 4.10. The molecule has 0 aliphatic carbocycles. The van der Waals surface area contributed by atoms with Crippen LogP contribution in [0.1, 0.15) is 5.56 Å². The van der Waals surface area contributed by atoms with E-state index in [-0.39, 0.29) is 11.5 Å². The fourth-order valence-corrected chi connectivity index (χ4v) is 2.13. The fourth-order valence-electron chi connectivity index (χ4n) is 2.13. The first kappa shape index (κ1) is 11.5. The number of hydrogen-bond acceptors (Lipinski definition) is 2. The minimum absolute atomic E-state index is 0.137. The molecule has 0 bridgehead atoms. The van der Waals surface area contributed by atoms with Crippen LogP contribution < -0.4 is 0 Å². The first-order chi connectivity index (χ1) is 9.15. The highest BCUT2D eigenvalue weighted by Crippen LogP contribution is 2.33. The van der Waals surface area contributed by atoms with Gasteiger partial charge in [0.25, 0.3) is 0 Å². The standard InChI is InChI=1S/C16H12O3/c1-10-8-11-4-2-3-5-15(11)19-16(10)12-6-7-13(17)14(18)9-12/h2-9H,1H3,(H-,17,18)/p+1. The molecular weight excluding hydrogens is 240 g/mol. The van der Waals surface area contributed by atoms with Crippen LogP contribution in [0.4, 0.5) is 0 Å². The van der Waals surface area contributed by atoms with E-state index < -0.39 is 0 Å². The number of phenols is 2. The zero-order valence-corrected chi connectivity index (χ0v) is 10.4. The molecule has 0 atom stereocenters. The molecule has 2 aromatic carbocycles. The van der Waals surface area contributed by atoms with Crippen molar-refractivity contribution < 1.29 is 14.6 Å². The Labute approximate surface area is 110 Å². The number of phenolic OH excluding ortho intramolecular Hbond substituents is 2. The predicted molar refractivity (Wildman–Crippen MR) is 74.1 cm³/mol. The number of fused-ring (bicyclic) bond motifs is 1. The molecule has 3 nitrogen and oxygen atoms in total. The lowest BCUT2D eigenvalue weighted by Gasteiger charge is -2.00. The largest absolute Gasteiger partial charge is 0.504 e. The molecule has 3 heteroatoms. The van der Waals surface area contributed by atoms with Crippen LogP contribution in [-0.2, 0) is 0 Å². The Hall–Kier alpha value is -2.55. The van der Waals surface area contributed by atoms with E-state index in [4.69, 9.17) is 4.42 Å². The first-order valence-corrected chi connectivity index (χ1v) is 6.00. The normalized spacial score (nSPS) is 10.8. The van der Waals surface area contributed by atoms with Gasteiger partial charge in [-0.1, -0.05) is 12.1 Å². The Morgan fingerprint density at radius 1 is 0.895 bits per heavy atom. The van der Waals surface area contributed by atoms with E-state index in [1.54, 1.807) is 6.07 Å². The quantitative estimate of drug-likeness (QED) is 0.507. The fraction of sp³-hybridized carbons (Fsp3) is 0.0625. The summed E-state index contributed by atoms with van der Waals surface area (Å²) < 4.78 is 5.88. The minimum atomic E-state index is -0.153. The first-order valence-electron chi connectivity index (χ1n) is 6.00. The van der Waals surface area contributed by atoms with Crippen LogP contribution in [0, 0.1) is 6.92 Å². The Morgan fingerprint density at radius 2 is 1.68 bits per heavy atom. The molecule has 0 aliphatic heterocycles. The van der Waals surface area contributed by atoms with Crippen molar-refractivity contribution in [2.75, 3.05) is 0 Å². The number of benzene rings is 2. The summed E-state index contributed by atoms with van der Waals surface area (Å²) in [5.41, 5.74) is 2.50. The van der Waals surface area contributed by atoms with E-state index in [2.05, 4.69) is 0 Å². The van der Waals surface area contributed by atoms with E-state index >= 15 is 0 Å². The van der Waals surface area contributed by atoms with E-state index in [9.17, 15) is 10.2 Å². The Morgan fingerprint density at radius 3 is 2.47 bits per heavy atom. The van der Waals surface area contributed by atoms with Crippen LogP contribution in [0.2, 0.25) is 0 Å². The zero-order valence-electron chi connectivity index (χ0n) is 10.4. The SMILES string of the molecule is Cc1cc2ccccc2[o+]c1-c1ccc(O)c(O)c1. The van der Waals surface area contributed by atoms with Crippen molar-refractivity contribution in [3.63, 3.8) is 0 Å². The molecule has 0 amide bonds. The van der Waals surface area contributed by atoms with Crippen molar-refractivity contribution in [1.29, 1.82) is 0 Å². The smallest absolute Gasteiger partial charge is 0.363 e. The van der Waals surface area contributed by atoms with Crippen molar-refractivity contribution >= 4 is 11.0 Å². The van der Waals surface area contributed by atoms with Crippen LogP contribution >= 0.6 is 0 Å². The monoisotopic (exact) mass is 253 g/mol. The second kappa shape index (κ2) is 4.28. The maximum atomic E-state index is 9.57. The summed E-state index contributed by atoms with van der Waals surface area (Å²) >= 11 is 0. The number of hydrogen-bond donors (Lipinski definition) is 2. The third kappa shape index (κ3) is 1.99. The van der Waals surface area contributed by atoms with Gasteiger partial charge in [-0.2, -0.15) is 0 Å². The van der Waals surface area contributed by atoms with Gasteiger partial charge in [-0.3, -0.25) is 0 Å². The molecule has 0 fully saturated rings. The second-order valence-corrected chi connectivity index (χ2v) is 4.50. The van der Waals surface area contributed by atoms with E-state index in [1.807, 2.05) is 37.3 Å². The van der Waals surface area contributed by atoms with Crippen molar-refractivity contribution in [2.24, 2.45) is 0 Å². The molecule has 1 aromatic heterocycles. The van der Waals surface area contributed by atoms with Gasteiger partial charge < -0.3 is 10.2 Å². The molecule has 0 saturated carbocycles. The summed E-state index contributed by atoms with van der Waals surface area (Å²) in [6.45, 7) is 1.95. The zero-order chi connectivity index (χ0) is 13.4. The molecule has 19 heavy (non-hydrogen) atoms. The van der Waals surface area contributed by atoms with Crippen molar-refractivity contribution in [3.05, 3.63) is 54.1 Å². The highest BCUT2D eigenvalue weighted by molar-refractivity contribution is 5.80. The van der Waals surface area contributed by atoms with Gasteiger partial charge >= 0.3 is 11.3 Å². The van der Waals surface area contributed by atoms with Crippen LogP contribution in [0.3, 0.4) is 0 Å². The molecular formula is C16H13O3+. The molecule has 1 heterocycles. The Balaban J connectivity index is 2.23. The lowest BCUT2D eigenvalue weighted by Crippen LogP contribution is -1.85. The summed E-state index contributed by atoms with van der Waals surface area (Å²) in [5, 5.41) is 20.0.